The second kappa shape index (κ2) is 9.57. The minimum absolute atomic E-state index is 1.05. The lowest BCUT2D eigenvalue weighted by Crippen LogP contribution is -2.13. The number of unbranched alkanes of at least 4 members (excludes halogenated alkanes) is 7. The van der Waals surface area contributed by atoms with Gasteiger partial charge in [-0.05, 0) is 25.0 Å². The van der Waals surface area contributed by atoms with E-state index >= 15 is 0 Å². The Kier molecular flexibility index (Phi) is 8.56. The van der Waals surface area contributed by atoms with Gasteiger partial charge in [0, 0.05) is 5.25 Å². The first-order chi connectivity index (χ1) is 7.43. The Morgan fingerprint density at radius 2 is 1.47 bits per heavy atom. The van der Waals surface area contributed by atoms with Gasteiger partial charge in [-0.3, -0.25) is 0 Å². The molecule has 0 spiro atoms. The van der Waals surface area contributed by atoms with Gasteiger partial charge in [-0.1, -0.05) is 58.3 Å². The molecule has 0 unspecified atom stereocenters. The first kappa shape index (κ1) is 13.4. The Balaban J connectivity index is 1.66. The molecule has 0 atom stereocenters. The molecule has 0 saturated heterocycles. The van der Waals surface area contributed by atoms with Gasteiger partial charge in [0.2, 0.25) is 0 Å². The van der Waals surface area contributed by atoms with Crippen LogP contribution < -0.4 is 0 Å². The van der Waals surface area contributed by atoms with E-state index in [9.17, 15) is 0 Å². The summed E-state index contributed by atoms with van der Waals surface area (Å²) < 4.78 is 0. The highest BCUT2D eigenvalue weighted by Gasteiger charge is 2.16. The van der Waals surface area contributed by atoms with E-state index in [4.69, 9.17) is 0 Å². The van der Waals surface area contributed by atoms with Crippen molar-refractivity contribution in [2.75, 3.05) is 5.75 Å². The molecule has 0 aromatic rings. The van der Waals surface area contributed by atoms with Crippen LogP contribution in [-0.2, 0) is 0 Å². The summed E-state index contributed by atoms with van der Waals surface area (Å²) in [6.07, 6.45) is 16.2. The molecular weight excluding hydrogens is 200 g/mol. The molecule has 0 amide bonds. The Hall–Kier alpha value is 0.350. The number of hydrogen-bond acceptors (Lipinski definition) is 1. The minimum atomic E-state index is 1.05. The Bertz CT molecular complexity index is 129. The predicted octanol–water partition coefficient (Wildman–Crippen LogP) is 5.41. The third-order valence-electron chi connectivity index (χ3n) is 3.40. The predicted molar refractivity (Wildman–Crippen MR) is 72.7 cm³/mol. The Morgan fingerprint density at radius 1 is 0.867 bits per heavy atom. The molecule has 0 heterocycles. The third-order valence-corrected chi connectivity index (χ3v) is 4.87. The molecule has 0 bridgehead atoms. The lowest BCUT2D eigenvalue weighted by atomic mass is 10.0. The van der Waals surface area contributed by atoms with Gasteiger partial charge in [-0.2, -0.15) is 11.8 Å². The van der Waals surface area contributed by atoms with Gasteiger partial charge in [0.05, 0.1) is 0 Å². The van der Waals surface area contributed by atoms with Crippen LogP contribution >= 0.6 is 11.8 Å². The summed E-state index contributed by atoms with van der Waals surface area (Å²) in [7, 11) is 0. The van der Waals surface area contributed by atoms with Crippen molar-refractivity contribution in [1.82, 2.24) is 0 Å². The molecule has 0 aromatic heterocycles. The monoisotopic (exact) mass is 228 g/mol. The van der Waals surface area contributed by atoms with Crippen LogP contribution in [0.1, 0.15) is 77.6 Å². The Morgan fingerprint density at radius 3 is 2.00 bits per heavy atom. The van der Waals surface area contributed by atoms with Crippen LogP contribution in [0.2, 0.25) is 0 Å². The minimum Gasteiger partial charge on any atom is -0.159 e. The SMILES string of the molecule is CCCCCCCCCCSC1CCC1. The summed E-state index contributed by atoms with van der Waals surface area (Å²) >= 11 is 2.24. The highest BCUT2D eigenvalue weighted by Crippen LogP contribution is 2.31. The maximum atomic E-state index is 2.29. The zero-order valence-electron chi connectivity index (χ0n) is 10.5. The van der Waals surface area contributed by atoms with Gasteiger partial charge in [0.1, 0.15) is 0 Å². The molecule has 0 aliphatic heterocycles. The van der Waals surface area contributed by atoms with Crippen LogP contribution in [0.25, 0.3) is 0 Å². The molecule has 0 nitrogen and oxygen atoms in total. The maximum absolute atomic E-state index is 2.29. The fourth-order valence-corrected chi connectivity index (χ4v) is 3.39. The van der Waals surface area contributed by atoms with Gasteiger partial charge >= 0.3 is 0 Å². The van der Waals surface area contributed by atoms with Crippen molar-refractivity contribution < 1.29 is 0 Å². The number of thioether (sulfide) groups is 1. The zero-order chi connectivity index (χ0) is 10.8. The fourth-order valence-electron chi connectivity index (χ4n) is 2.02. The first-order valence-corrected chi connectivity index (χ1v) is 8.10. The van der Waals surface area contributed by atoms with E-state index in [2.05, 4.69) is 18.7 Å². The molecular formula is C14H28S. The van der Waals surface area contributed by atoms with Crippen LogP contribution in [0, 0.1) is 0 Å². The van der Waals surface area contributed by atoms with Crippen molar-refractivity contribution in [2.24, 2.45) is 0 Å². The largest absolute Gasteiger partial charge is 0.159 e. The van der Waals surface area contributed by atoms with Crippen molar-refractivity contribution >= 4 is 11.8 Å². The average molecular weight is 228 g/mol. The molecule has 1 saturated carbocycles. The van der Waals surface area contributed by atoms with E-state index in [1.54, 1.807) is 0 Å². The molecule has 15 heavy (non-hydrogen) atoms. The van der Waals surface area contributed by atoms with E-state index in [0.29, 0.717) is 0 Å². The molecule has 1 fully saturated rings. The van der Waals surface area contributed by atoms with E-state index < -0.39 is 0 Å². The highest BCUT2D eigenvalue weighted by molar-refractivity contribution is 7.99. The van der Waals surface area contributed by atoms with E-state index in [0.717, 1.165) is 5.25 Å². The molecule has 1 aliphatic carbocycles. The van der Waals surface area contributed by atoms with Crippen LogP contribution in [-0.4, -0.2) is 11.0 Å². The fraction of sp³-hybridized carbons (Fsp3) is 1.00. The van der Waals surface area contributed by atoms with Gasteiger partial charge < -0.3 is 0 Å². The van der Waals surface area contributed by atoms with E-state index in [1.807, 2.05) is 0 Å². The lowest BCUT2D eigenvalue weighted by molar-refractivity contribution is 0.521. The molecule has 1 heteroatoms. The highest BCUT2D eigenvalue weighted by atomic mass is 32.2. The van der Waals surface area contributed by atoms with Crippen molar-refractivity contribution in [3.8, 4) is 0 Å². The molecule has 90 valence electrons. The van der Waals surface area contributed by atoms with Crippen molar-refractivity contribution in [3.05, 3.63) is 0 Å². The molecule has 1 rings (SSSR count). The van der Waals surface area contributed by atoms with Crippen LogP contribution in [0.5, 0.6) is 0 Å². The third kappa shape index (κ3) is 7.27. The maximum Gasteiger partial charge on any atom is 0.00470 e. The summed E-state index contributed by atoms with van der Waals surface area (Å²) in [4.78, 5) is 0. The topological polar surface area (TPSA) is 0 Å². The molecule has 0 N–H and O–H groups in total. The van der Waals surface area contributed by atoms with Crippen molar-refractivity contribution in [1.29, 1.82) is 0 Å². The summed E-state index contributed by atoms with van der Waals surface area (Å²) in [5.41, 5.74) is 0. The normalized spacial score (nSPS) is 16.6. The molecule has 1 aliphatic rings. The standard InChI is InChI=1S/C14H28S/c1-2-3-4-5-6-7-8-9-13-15-14-11-10-12-14/h14H,2-13H2,1H3. The van der Waals surface area contributed by atoms with Gasteiger partial charge in [-0.25, -0.2) is 0 Å². The summed E-state index contributed by atoms with van der Waals surface area (Å²) in [6, 6.07) is 0. The first-order valence-electron chi connectivity index (χ1n) is 7.05. The van der Waals surface area contributed by atoms with E-state index in [-0.39, 0.29) is 0 Å². The lowest BCUT2D eigenvalue weighted by Gasteiger charge is -2.24. The quantitative estimate of drug-likeness (QED) is 0.450. The summed E-state index contributed by atoms with van der Waals surface area (Å²) in [6.45, 7) is 2.29. The smallest absolute Gasteiger partial charge is 0.00470 e. The second-order valence-corrected chi connectivity index (χ2v) is 6.31. The summed E-state index contributed by atoms with van der Waals surface area (Å²) in [5, 5.41) is 1.05. The average Bonchev–Trinajstić information content (AvgIpc) is 2.18. The van der Waals surface area contributed by atoms with Gasteiger partial charge in [0.25, 0.3) is 0 Å². The number of rotatable bonds is 10. The zero-order valence-corrected chi connectivity index (χ0v) is 11.3. The molecule has 0 aromatic carbocycles. The van der Waals surface area contributed by atoms with Crippen LogP contribution in [0.3, 0.4) is 0 Å². The number of hydrogen-bond donors (Lipinski definition) is 0. The van der Waals surface area contributed by atoms with Crippen molar-refractivity contribution in [3.63, 3.8) is 0 Å². The van der Waals surface area contributed by atoms with Crippen LogP contribution in [0.15, 0.2) is 0 Å². The van der Waals surface area contributed by atoms with Gasteiger partial charge in [0.15, 0.2) is 0 Å². The second-order valence-electron chi connectivity index (χ2n) is 4.90. The van der Waals surface area contributed by atoms with E-state index in [1.165, 1.54) is 76.4 Å². The van der Waals surface area contributed by atoms with Crippen LogP contribution in [0.4, 0.5) is 0 Å². The summed E-state index contributed by atoms with van der Waals surface area (Å²) in [5.74, 6) is 1.43. The molecule has 0 radical (unpaired) electrons. The Labute approximate surface area is 101 Å². The van der Waals surface area contributed by atoms with Gasteiger partial charge in [-0.15, -0.1) is 0 Å². The van der Waals surface area contributed by atoms with Crippen molar-refractivity contribution in [2.45, 2.75) is 82.8 Å².